The van der Waals surface area contributed by atoms with E-state index in [-0.39, 0.29) is 5.56 Å². The van der Waals surface area contributed by atoms with E-state index in [1.165, 1.54) is 31.2 Å². The van der Waals surface area contributed by atoms with Crippen LogP contribution in [0.15, 0.2) is 24.3 Å². The van der Waals surface area contributed by atoms with Gasteiger partial charge in [-0.1, -0.05) is 12.8 Å². The molecule has 154 valence electrons. The lowest BCUT2D eigenvalue weighted by Gasteiger charge is -2.20. The maximum absolute atomic E-state index is 12.5. The molecule has 1 spiro atoms. The normalized spacial score (nSPS) is 18.4. The van der Waals surface area contributed by atoms with Gasteiger partial charge in [-0.3, -0.25) is 24.1 Å². The molecule has 1 heterocycles. The number of nitrogens with zero attached hydrogens (tertiary/aromatic N) is 1. The molecule has 29 heavy (non-hydrogen) atoms. The standard InChI is InChI=1S/C19H22N4O6/c1-11(16(26)21-13-6-4-12(5-7-13)15(20)25)29-14(24)10-23-17(27)19(22-18(23)28)8-2-3-9-19/h4-7,11H,2-3,8-10H2,1H3,(H2,20,25)(H,21,26)(H,22,28)/t11-/m0/s1. The summed E-state index contributed by atoms with van der Waals surface area (Å²) in [7, 11) is 0. The van der Waals surface area contributed by atoms with Crippen molar-refractivity contribution in [2.24, 2.45) is 5.73 Å². The van der Waals surface area contributed by atoms with E-state index in [0.717, 1.165) is 17.7 Å². The fraction of sp³-hybridized carbons (Fsp3) is 0.421. The van der Waals surface area contributed by atoms with Crippen LogP contribution in [0.25, 0.3) is 0 Å². The molecule has 1 aliphatic heterocycles. The second kappa shape index (κ2) is 7.90. The number of esters is 1. The number of nitrogens with one attached hydrogen (secondary N) is 2. The first-order valence-corrected chi connectivity index (χ1v) is 9.26. The van der Waals surface area contributed by atoms with Crippen molar-refractivity contribution in [1.82, 2.24) is 10.2 Å². The van der Waals surface area contributed by atoms with Crippen LogP contribution in [-0.4, -0.2) is 52.8 Å². The molecule has 1 saturated heterocycles. The second-order valence-electron chi connectivity index (χ2n) is 7.17. The van der Waals surface area contributed by atoms with E-state index in [1.807, 2.05) is 0 Å². The molecule has 1 aliphatic carbocycles. The number of carbonyl (C=O) groups is 5. The van der Waals surface area contributed by atoms with Crippen LogP contribution in [-0.2, 0) is 19.1 Å². The van der Waals surface area contributed by atoms with Gasteiger partial charge < -0.3 is 21.1 Å². The molecule has 1 atom stereocenters. The van der Waals surface area contributed by atoms with Gasteiger partial charge in [0.1, 0.15) is 12.1 Å². The fourth-order valence-electron chi connectivity index (χ4n) is 3.52. The predicted octanol–water partition coefficient (Wildman–Crippen LogP) is 0.520. The van der Waals surface area contributed by atoms with Crippen molar-refractivity contribution in [2.45, 2.75) is 44.2 Å². The van der Waals surface area contributed by atoms with Gasteiger partial charge in [-0.15, -0.1) is 0 Å². The zero-order chi connectivity index (χ0) is 21.2. The van der Waals surface area contributed by atoms with Crippen molar-refractivity contribution in [1.29, 1.82) is 0 Å². The molecule has 0 bridgehead atoms. The van der Waals surface area contributed by atoms with Crippen molar-refractivity contribution in [3.05, 3.63) is 29.8 Å². The van der Waals surface area contributed by atoms with Crippen LogP contribution >= 0.6 is 0 Å². The van der Waals surface area contributed by atoms with E-state index in [2.05, 4.69) is 10.6 Å². The Morgan fingerprint density at radius 1 is 1.21 bits per heavy atom. The summed E-state index contributed by atoms with van der Waals surface area (Å²) in [4.78, 5) is 60.9. The van der Waals surface area contributed by atoms with Crippen molar-refractivity contribution >= 4 is 35.4 Å². The molecule has 0 aromatic heterocycles. The molecule has 1 aromatic carbocycles. The Labute approximate surface area is 166 Å². The van der Waals surface area contributed by atoms with Crippen LogP contribution in [0.1, 0.15) is 43.0 Å². The number of ether oxygens (including phenoxy) is 1. The summed E-state index contributed by atoms with van der Waals surface area (Å²) in [6.07, 6.45) is 1.62. The first-order chi connectivity index (χ1) is 13.7. The molecule has 10 heteroatoms. The number of nitrogens with two attached hydrogens (primary N) is 1. The Kier molecular flexibility index (Phi) is 5.53. The molecule has 0 radical (unpaired) electrons. The van der Waals surface area contributed by atoms with Gasteiger partial charge in [0.2, 0.25) is 5.91 Å². The summed E-state index contributed by atoms with van der Waals surface area (Å²) in [5.74, 6) is -2.49. The van der Waals surface area contributed by atoms with Crippen LogP contribution in [0.2, 0.25) is 0 Å². The first-order valence-electron chi connectivity index (χ1n) is 9.26. The lowest BCUT2D eigenvalue weighted by Crippen LogP contribution is -2.44. The summed E-state index contributed by atoms with van der Waals surface area (Å²) >= 11 is 0. The molecule has 1 aromatic rings. The summed E-state index contributed by atoms with van der Waals surface area (Å²) in [6, 6.07) is 5.25. The number of hydrogen-bond acceptors (Lipinski definition) is 6. The molecule has 2 fully saturated rings. The Morgan fingerprint density at radius 2 is 1.83 bits per heavy atom. The molecular formula is C19H22N4O6. The van der Waals surface area contributed by atoms with Crippen LogP contribution in [0.5, 0.6) is 0 Å². The van der Waals surface area contributed by atoms with Gasteiger partial charge in [0.25, 0.3) is 11.8 Å². The summed E-state index contributed by atoms with van der Waals surface area (Å²) in [5.41, 5.74) is 4.92. The zero-order valence-corrected chi connectivity index (χ0v) is 15.9. The lowest BCUT2D eigenvalue weighted by molar-refractivity contribution is -0.155. The monoisotopic (exact) mass is 402 g/mol. The largest absolute Gasteiger partial charge is 0.451 e. The van der Waals surface area contributed by atoms with E-state index >= 15 is 0 Å². The van der Waals surface area contributed by atoms with Crippen molar-refractivity contribution in [2.75, 3.05) is 11.9 Å². The van der Waals surface area contributed by atoms with Gasteiger partial charge >= 0.3 is 12.0 Å². The first kappa shape index (κ1) is 20.3. The maximum atomic E-state index is 12.5. The van der Waals surface area contributed by atoms with E-state index in [1.54, 1.807) is 0 Å². The zero-order valence-electron chi connectivity index (χ0n) is 15.9. The number of hydrogen-bond donors (Lipinski definition) is 3. The van der Waals surface area contributed by atoms with Crippen LogP contribution in [0, 0.1) is 0 Å². The minimum Gasteiger partial charge on any atom is -0.451 e. The number of amides is 5. The number of benzene rings is 1. The molecule has 2 aliphatic rings. The number of carbonyl (C=O) groups excluding carboxylic acids is 5. The maximum Gasteiger partial charge on any atom is 0.327 e. The molecule has 4 N–H and O–H groups in total. The minimum atomic E-state index is -1.15. The molecule has 5 amide bonds. The lowest BCUT2D eigenvalue weighted by atomic mass is 9.98. The average molecular weight is 402 g/mol. The topological polar surface area (TPSA) is 148 Å². The highest BCUT2D eigenvalue weighted by atomic mass is 16.5. The van der Waals surface area contributed by atoms with Gasteiger partial charge in [-0.05, 0) is 44.0 Å². The molecular weight excluding hydrogens is 380 g/mol. The van der Waals surface area contributed by atoms with Crippen molar-refractivity contribution in [3.8, 4) is 0 Å². The highest BCUT2D eigenvalue weighted by Crippen LogP contribution is 2.34. The number of urea groups is 1. The molecule has 10 nitrogen and oxygen atoms in total. The van der Waals surface area contributed by atoms with Gasteiger partial charge in [0.15, 0.2) is 6.10 Å². The number of primary amides is 1. The number of rotatable bonds is 6. The van der Waals surface area contributed by atoms with Gasteiger partial charge in [0, 0.05) is 11.3 Å². The van der Waals surface area contributed by atoms with Crippen LogP contribution < -0.4 is 16.4 Å². The average Bonchev–Trinajstić information content (AvgIpc) is 3.23. The second-order valence-corrected chi connectivity index (χ2v) is 7.17. The van der Waals surface area contributed by atoms with E-state index in [0.29, 0.717) is 18.5 Å². The molecule has 3 rings (SSSR count). The molecule has 0 unspecified atom stereocenters. The van der Waals surface area contributed by atoms with Gasteiger partial charge in [-0.25, -0.2) is 4.79 Å². The Balaban J connectivity index is 1.53. The third-order valence-electron chi connectivity index (χ3n) is 5.10. The van der Waals surface area contributed by atoms with E-state index in [9.17, 15) is 24.0 Å². The third-order valence-corrected chi connectivity index (χ3v) is 5.10. The van der Waals surface area contributed by atoms with Crippen molar-refractivity contribution in [3.63, 3.8) is 0 Å². The number of imide groups is 1. The van der Waals surface area contributed by atoms with E-state index in [4.69, 9.17) is 10.5 Å². The fourth-order valence-corrected chi connectivity index (χ4v) is 3.52. The Hall–Kier alpha value is -3.43. The Morgan fingerprint density at radius 3 is 2.41 bits per heavy atom. The number of anilines is 1. The smallest absolute Gasteiger partial charge is 0.327 e. The summed E-state index contributed by atoms with van der Waals surface area (Å²) in [5, 5.41) is 5.21. The minimum absolute atomic E-state index is 0.288. The van der Waals surface area contributed by atoms with Gasteiger partial charge in [-0.2, -0.15) is 0 Å². The van der Waals surface area contributed by atoms with Crippen LogP contribution in [0.4, 0.5) is 10.5 Å². The predicted molar refractivity (Wildman–Crippen MR) is 101 cm³/mol. The summed E-state index contributed by atoms with van der Waals surface area (Å²) in [6.45, 7) is 0.812. The summed E-state index contributed by atoms with van der Waals surface area (Å²) < 4.78 is 5.06. The van der Waals surface area contributed by atoms with E-state index < -0.39 is 47.9 Å². The van der Waals surface area contributed by atoms with Gasteiger partial charge in [0.05, 0.1) is 0 Å². The quantitative estimate of drug-likeness (QED) is 0.467. The van der Waals surface area contributed by atoms with Crippen LogP contribution in [0.3, 0.4) is 0 Å². The SMILES string of the molecule is C[C@H](OC(=O)CN1C(=O)NC2(CCCC2)C1=O)C(=O)Nc1ccc(C(N)=O)cc1. The van der Waals surface area contributed by atoms with Crippen molar-refractivity contribution < 1.29 is 28.7 Å². The highest BCUT2D eigenvalue weighted by molar-refractivity contribution is 6.09. The third kappa shape index (κ3) is 4.20. The highest BCUT2D eigenvalue weighted by Gasteiger charge is 2.52. The molecule has 1 saturated carbocycles. The Bertz CT molecular complexity index is 860.